The molecule has 1 rings (SSSR count). The number of Topliss-reactive ketones (excluding diaryl/α,β-unsaturated/α-hetero) is 1. The molecule has 2 N–H and O–H groups in total. The van der Waals surface area contributed by atoms with Crippen LogP contribution in [-0.2, 0) is 9.59 Å². The lowest BCUT2D eigenvalue weighted by atomic mass is 9.97. The van der Waals surface area contributed by atoms with E-state index in [1.807, 2.05) is 0 Å². The van der Waals surface area contributed by atoms with Crippen LogP contribution in [0.5, 0.6) is 0 Å². The molecule has 0 aromatic heterocycles. The molecule has 0 bridgehead atoms. The molecule has 0 radical (unpaired) electrons. The van der Waals surface area contributed by atoms with Gasteiger partial charge < -0.3 is 15.0 Å². The normalized spacial score (nSPS) is 11.9. The summed E-state index contributed by atoms with van der Waals surface area (Å²) in [6, 6.07) is 6.53. The Labute approximate surface area is 110 Å². The Balaban J connectivity index is 2.98. The van der Waals surface area contributed by atoms with Crippen molar-refractivity contribution in [2.75, 3.05) is 0 Å². The molecule has 0 heterocycles. The van der Waals surface area contributed by atoms with Gasteiger partial charge in [-0.15, -0.1) is 0 Å². The Kier molecular flexibility index (Phi) is 5.12. The summed E-state index contributed by atoms with van der Waals surface area (Å²) >= 11 is 5.18. The number of hydrogen-bond donors (Lipinski definition) is 2. The summed E-state index contributed by atoms with van der Waals surface area (Å²) in [6.45, 7) is 1.47. The Morgan fingerprint density at radius 3 is 2.44 bits per heavy atom. The van der Waals surface area contributed by atoms with Gasteiger partial charge in [0.15, 0.2) is 6.10 Å². The predicted molar refractivity (Wildman–Crippen MR) is 70.7 cm³/mol. The summed E-state index contributed by atoms with van der Waals surface area (Å²) in [7, 11) is 0. The van der Waals surface area contributed by atoms with Gasteiger partial charge in [0.2, 0.25) is 0 Å². The molecule has 0 fully saturated rings. The highest BCUT2D eigenvalue weighted by Crippen LogP contribution is 2.20. The first-order valence-electron chi connectivity index (χ1n) is 5.46. The van der Waals surface area contributed by atoms with Crippen molar-refractivity contribution < 1.29 is 19.8 Å². The van der Waals surface area contributed by atoms with Crippen LogP contribution in [0.1, 0.15) is 37.0 Å². The molecule has 1 aromatic carbocycles. The molecule has 5 heteroatoms. The van der Waals surface area contributed by atoms with Crippen molar-refractivity contribution >= 4 is 28.8 Å². The summed E-state index contributed by atoms with van der Waals surface area (Å²) in [5.74, 6) is -1.30. The predicted octanol–water partition coefficient (Wildman–Crippen LogP) is 1.89. The molecule has 96 valence electrons. The van der Waals surface area contributed by atoms with Gasteiger partial charge in [-0.2, -0.15) is 0 Å². The molecule has 1 atom stereocenters. The van der Waals surface area contributed by atoms with E-state index >= 15 is 0 Å². The van der Waals surface area contributed by atoms with Crippen LogP contribution in [0.25, 0.3) is 0 Å². The third kappa shape index (κ3) is 3.72. The Morgan fingerprint density at radius 1 is 1.28 bits per heavy atom. The second kappa shape index (κ2) is 6.37. The third-order valence-electron chi connectivity index (χ3n) is 2.49. The van der Waals surface area contributed by atoms with Gasteiger partial charge >= 0.3 is 5.97 Å². The van der Waals surface area contributed by atoms with Gasteiger partial charge in [0.1, 0.15) is 5.78 Å². The van der Waals surface area contributed by atoms with Gasteiger partial charge in [0.25, 0.3) is 0 Å². The second-order valence-corrected chi connectivity index (χ2v) is 4.45. The summed E-state index contributed by atoms with van der Waals surface area (Å²) in [5, 5.41) is 18.4. The summed E-state index contributed by atoms with van der Waals surface area (Å²) in [5.41, 5.74) is 0.780. The first-order valence-corrected chi connectivity index (χ1v) is 5.86. The number of benzene rings is 1. The van der Waals surface area contributed by atoms with E-state index in [0.29, 0.717) is 23.3 Å². The zero-order valence-corrected chi connectivity index (χ0v) is 10.7. The minimum Gasteiger partial charge on any atom is -0.479 e. The number of ketones is 1. The average Bonchev–Trinajstić information content (AvgIpc) is 2.34. The highest BCUT2D eigenvalue weighted by Gasteiger charge is 2.20. The van der Waals surface area contributed by atoms with Crippen molar-refractivity contribution in [2.24, 2.45) is 0 Å². The number of aliphatic hydroxyl groups excluding tert-OH is 1. The minimum absolute atomic E-state index is 0.0219. The van der Waals surface area contributed by atoms with E-state index in [1.165, 1.54) is 13.0 Å². The zero-order valence-electron chi connectivity index (χ0n) is 9.92. The van der Waals surface area contributed by atoms with Crippen LogP contribution in [0.4, 0.5) is 0 Å². The quantitative estimate of drug-likeness (QED) is 0.607. The molecular weight excluding hydrogens is 252 g/mol. The molecule has 18 heavy (non-hydrogen) atoms. The lowest BCUT2D eigenvalue weighted by Crippen LogP contribution is -2.15. The van der Waals surface area contributed by atoms with Gasteiger partial charge in [0.05, 0.1) is 0 Å². The Hall–Kier alpha value is -1.59. The first kappa shape index (κ1) is 14.5. The maximum Gasteiger partial charge on any atom is 0.337 e. The number of aliphatic carboxylic acids is 1. The zero-order chi connectivity index (χ0) is 13.7. The number of carbonyl (C=O) groups excluding carboxylic acids is 1. The van der Waals surface area contributed by atoms with E-state index in [4.69, 9.17) is 17.3 Å². The van der Waals surface area contributed by atoms with Crippen molar-refractivity contribution in [2.45, 2.75) is 25.9 Å². The number of carboxylic acids is 1. The summed E-state index contributed by atoms with van der Waals surface area (Å²) in [6.07, 6.45) is -0.902. The number of rotatable bonds is 6. The topological polar surface area (TPSA) is 74.6 Å². The minimum atomic E-state index is -1.60. The van der Waals surface area contributed by atoms with E-state index in [2.05, 4.69) is 0 Å². The average molecular weight is 266 g/mol. The van der Waals surface area contributed by atoms with Gasteiger partial charge in [-0.25, -0.2) is 4.79 Å². The molecule has 0 spiro atoms. The summed E-state index contributed by atoms with van der Waals surface area (Å²) < 4.78 is 0. The first-order chi connectivity index (χ1) is 8.43. The number of carbonyl (C=O) groups is 2. The van der Waals surface area contributed by atoms with Crippen molar-refractivity contribution in [1.82, 2.24) is 0 Å². The molecule has 0 saturated carbocycles. The van der Waals surface area contributed by atoms with Crippen molar-refractivity contribution in [3.8, 4) is 0 Å². The summed E-state index contributed by atoms with van der Waals surface area (Å²) in [4.78, 5) is 22.2. The number of aliphatic hydroxyl groups is 1. The van der Waals surface area contributed by atoms with Gasteiger partial charge in [-0.05, 0) is 18.9 Å². The molecule has 0 amide bonds. The fourth-order valence-electron chi connectivity index (χ4n) is 1.55. The van der Waals surface area contributed by atoms with Crippen LogP contribution in [-0.4, -0.2) is 26.8 Å². The molecule has 0 unspecified atom stereocenters. The molecular formula is C13H14O4S. The fraction of sp³-hybridized carbons (Fsp3) is 0.308. The van der Waals surface area contributed by atoms with Crippen LogP contribution in [0, 0.1) is 0 Å². The van der Waals surface area contributed by atoms with E-state index in [9.17, 15) is 14.7 Å². The van der Waals surface area contributed by atoms with Gasteiger partial charge in [-0.3, -0.25) is 0 Å². The van der Waals surface area contributed by atoms with E-state index < -0.39 is 12.1 Å². The molecule has 0 aliphatic heterocycles. The fourth-order valence-corrected chi connectivity index (χ4v) is 1.83. The maximum atomic E-state index is 10.9. The Bertz CT molecular complexity index is 482. The van der Waals surface area contributed by atoms with Crippen LogP contribution in [0.15, 0.2) is 24.3 Å². The Morgan fingerprint density at radius 2 is 1.89 bits per heavy atom. The maximum absolute atomic E-state index is 10.9. The highest BCUT2D eigenvalue weighted by atomic mass is 32.1. The number of hydrogen-bond acceptors (Lipinski definition) is 4. The largest absolute Gasteiger partial charge is 0.479 e. The smallest absolute Gasteiger partial charge is 0.337 e. The van der Waals surface area contributed by atoms with E-state index in [1.54, 1.807) is 18.2 Å². The number of thiocarbonyl (C=S) groups is 1. The number of carboxylic acid groups (broad SMARTS) is 1. The molecule has 0 aliphatic rings. The monoisotopic (exact) mass is 266 g/mol. The van der Waals surface area contributed by atoms with Crippen LogP contribution >= 0.6 is 12.2 Å². The van der Waals surface area contributed by atoms with Gasteiger partial charge in [-0.1, -0.05) is 36.5 Å². The van der Waals surface area contributed by atoms with Crippen molar-refractivity contribution in [3.63, 3.8) is 0 Å². The standard InChI is InChI=1S/C13H14O4S/c1-8(14)6-7-11(18)9-4-2-3-5-10(9)12(15)13(16)17/h2-5,12,15H,6-7H2,1H3,(H,16,17)/t12-/m1/s1. The second-order valence-electron chi connectivity index (χ2n) is 3.95. The SMILES string of the molecule is CC(=O)CCC(=S)c1ccccc1[C@@H](O)C(=O)O. The lowest BCUT2D eigenvalue weighted by Gasteiger charge is -2.12. The van der Waals surface area contributed by atoms with Crippen LogP contribution < -0.4 is 0 Å². The van der Waals surface area contributed by atoms with Crippen LogP contribution in [0.2, 0.25) is 0 Å². The lowest BCUT2D eigenvalue weighted by molar-refractivity contribution is -0.147. The third-order valence-corrected chi connectivity index (χ3v) is 2.92. The van der Waals surface area contributed by atoms with Crippen molar-refractivity contribution in [1.29, 1.82) is 0 Å². The van der Waals surface area contributed by atoms with E-state index in [-0.39, 0.29) is 11.3 Å². The molecule has 1 aromatic rings. The highest BCUT2D eigenvalue weighted by molar-refractivity contribution is 7.80. The van der Waals surface area contributed by atoms with Crippen LogP contribution in [0.3, 0.4) is 0 Å². The molecule has 0 aliphatic carbocycles. The molecule has 0 saturated heterocycles. The van der Waals surface area contributed by atoms with E-state index in [0.717, 1.165) is 0 Å². The molecule has 4 nitrogen and oxygen atoms in total. The van der Waals surface area contributed by atoms with Gasteiger partial charge in [0, 0.05) is 16.8 Å². The van der Waals surface area contributed by atoms with Crippen molar-refractivity contribution in [3.05, 3.63) is 35.4 Å².